The second-order valence-electron chi connectivity index (χ2n) is 7.94. The van der Waals surface area contributed by atoms with Crippen molar-refractivity contribution in [3.05, 3.63) is 30.4 Å². The molecule has 0 aliphatic carbocycles. The summed E-state index contributed by atoms with van der Waals surface area (Å²) in [5, 5.41) is 17.5. The van der Waals surface area contributed by atoms with Crippen LogP contribution in [0, 0.1) is 5.92 Å². The molecule has 4 rings (SSSR count). The number of aryl methyl sites for hydroxylation is 1. The van der Waals surface area contributed by atoms with E-state index in [2.05, 4.69) is 68.4 Å². The number of hydrogen-bond acceptors (Lipinski definition) is 7. The van der Waals surface area contributed by atoms with Crippen LogP contribution in [0.25, 0.3) is 11.0 Å². The van der Waals surface area contributed by atoms with Gasteiger partial charge in [-0.1, -0.05) is 20.8 Å². The highest BCUT2D eigenvalue weighted by atomic mass is 15.3. The predicted molar refractivity (Wildman–Crippen MR) is 101 cm³/mol. The molecule has 0 saturated carbocycles. The Hall–Kier alpha value is -2.77. The molecule has 0 radical (unpaired) electrons. The first kappa shape index (κ1) is 16.7. The second kappa shape index (κ2) is 6.19. The lowest BCUT2D eigenvalue weighted by Gasteiger charge is -2.40. The zero-order chi connectivity index (χ0) is 18.3. The Labute approximate surface area is 152 Å². The van der Waals surface area contributed by atoms with Crippen LogP contribution in [0.3, 0.4) is 0 Å². The molecule has 3 aromatic heterocycles. The Morgan fingerprint density at radius 2 is 1.96 bits per heavy atom. The van der Waals surface area contributed by atoms with Crippen LogP contribution in [-0.2, 0) is 12.5 Å². The van der Waals surface area contributed by atoms with Gasteiger partial charge in [0.05, 0.1) is 11.1 Å². The van der Waals surface area contributed by atoms with Gasteiger partial charge in [-0.15, -0.1) is 5.10 Å². The first-order valence-electron chi connectivity index (χ1n) is 8.87. The molecule has 0 atom stereocenters. The highest BCUT2D eigenvalue weighted by Crippen LogP contribution is 2.26. The van der Waals surface area contributed by atoms with Gasteiger partial charge < -0.3 is 10.2 Å². The van der Waals surface area contributed by atoms with Crippen molar-refractivity contribution in [3.8, 4) is 0 Å². The second-order valence-corrected chi connectivity index (χ2v) is 7.94. The Kier molecular flexibility index (Phi) is 3.97. The van der Waals surface area contributed by atoms with Crippen molar-refractivity contribution in [2.45, 2.75) is 26.2 Å². The van der Waals surface area contributed by atoms with Crippen LogP contribution in [0.4, 0.5) is 11.6 Å². The number of fused-ring (bicyclic) bond motifs is 1. The fourth-order valence-electron chi connectivity index (χ4n) is 3.11. The predicted octanol–water partition coefficient (Wildman–Crippen LogP) is 2.00. The molecule has 3 aromatic rings. The Morgan fingerprint density at radius 1 is 1.15 bits per heavy atom. The van der Waals surface area contributed by atoms with Gasteiger partial charge >= 0.3 is 0 Å². The maximum Gasteiger partial charge on any atom is 0.186 e. The van der Waals surface area contributed by atoms with Gasteiger partial charge in [-0.05, 0) is 12.1 Å². The van der Waals surface area contributed by atoms with E-state index < -0.39 is 0 Å². The van der Waals surface area contributed by atoms with E-state index in [9.17, 15) is 0 Å². The van der Waals surface area contributed by atoms with Gasteiger partial charge in [0.25, 0.3) is 0 Å². The van der Waals surface area contributed by atoms with Crippen LogP contribution in [0.1, 0.15) is 26.5 Å². The van der Waals surface area contributed by atoms with E-state index in [1.165, 1.54) is 0 Å². The number of nitrogens with one attached hydrogen (secondary N) is 1. The van der Waals surface area contributed by atoms with E-state index in [-0.39, 0.29) is 5.41 Å². The van der Waals surface area contributed by atoms with E-state index in [0.717, 1.165) is 48.0 Å². The van der Waals surface area contributed by atoms with Crippen molar-refractivity contribution >= 4 is 22.7 Å². The Balaban J connectivity index is 1.34. The Bertz CT molecular complexity index is 903. The molecule has 0 amide bonds. The minimum atomic E-state index is 0.0299. The molecule has 0 unspecified atom stereocenters. The smallest absolute Gasteiger partial charge is 0.186 e. The fourth-order valence-corrected chi connectivity index (χ4v) is 3.11. The average molecular weight is 352 g/mol. The van der Waals surface area contributed by atoms with Gasteiger partial charge in [0, 0.05) is 44.2 Å². The molecule has 0 bridgehead atoms. The molecule has 26 heavy (non-hydrogen) atoms. The lowest BCUT2D eigenvalue weighted by atomic mass is 9.92. The van der Waals surface area contributed by atoms with Crippen LogP contribution < -0.4 is 10.2 Å². The average Bonchev–Trinajstić information content (AvgIpc) is 2.94. The van der Waals surface area contributed by atoms with Crippen LogP contribution in [0.2, 0.25) is 0 Å². The van der Waals surface area contributed by atoms with Crippen molar-refractivity contribution in [1.29, 1.82) is 0 Å². The standard InChI is InChI=1S/C18H24N8/c1-18(2,3)14-5-6-15(23-22-14)26-8-12(9-26)7-19-16-13-10-25(4)24-17(13)21-11-20-16/h5-6,10-12H,7-9H2,1-4H3,(H,19,20,21,24). The van der Waals surface area contributed by atoms with Crippen molar-refractivity contribution in [3.63, 3.8) is 0 Å². The molecular weight excluding hydrogens is 328 g/mol. The van der Waals surface area contributed by atoms with Gasteiger partial charge in [0.15, 0.2) is 11.5 Å². The number of nitrogens with zero attached hydrogens (tertiary/aromatic N) is 7. The highest BCUT2D eigenvalue weighted by Gasteiger charge is 2.28. The summed E-state index contributed by atoms with van der Waals surface area (Å²) >= 11 is 0. The van der Waals surface area contributed by atoms with E-state index in [1.807, 2.05) is 13.2 Å². The largest absolute Gasteiger partial charge is 0.369 e. The molecule has 1 fully saturated rings. The van der Waals surface area contributed by atoms with Crippen molar-refractivity contribution in [1.82, 2.24) is 29.9 Å². The zero-order valence-electron chi connectivity index (χ0n) is 15.6. The topological polar surface area (TPSA) is 84.7 Å². The maximum absolute atomic E-state index is 4.39. The first-order chi connectivity index (χ1) is 12.4. The van der Waals surface area contributed by atoms with Crippen LogP contribution in [-0.4, -0.2) is 49.6 Å². The fraction of sp³-hybridized carbons (Fsp3) is 0.500. The van der Waals surface area contributed by atoms with E-state index in [1.54, 1.807) is 11.0 Å². The normalized spacial score (nSPS) is 15.3. The number of aromatic nitrogens is 6. The van der Waals surface area contributed by atoms with Crippen LogP contribution in [0.5, 0.6) is 0 Å². The van der Waals surface area contributed by atoms with Gasteiger partial charge in [0.1, 0.15) is 12.1 Å². The van der Waals surface area contributed by atoms with Crippen LogP contribution in [0.15, 0.2) is 24.7 Å². The molecular formula is C18H24N8. The minimum Gasteiger partial charge on any atom is -0.369 e. The van der Waals surface area contributed by atoms with Crippen molar-refractivity contribution < 1.29 is 0 Å². The lowest BCUT2D eigenvalue weighted by molar-refractivity contribution is 0.424. The maximum atomic E-state index is 4.39. The van der Waals surface area contributed by atoms with Gasteiger partial charge in [-0.3, -0.25) is 4.68 Å². The third-order valence-corrected chi connectivity index (χ3v) is 4.69. The van der Waals surface area contributed by atoms with E-state index in [4.69, 9.17) is 0 Å². The molecule has 8 nitrogen and oxygen atoms in total. The number of hydrogen-bond donors (Lipinski definition) is 1. The number of anilines is 2. The third kappa shape index (κ3) is 3.18. The molecule has 1 aliphatic rings. The van der Waals surface area contributed by atoms with Crippen LogP contribution >= 0.6 is 0 Å². The third-order valence-electron chi connectivity index (χ3n) is 4.69. The summed E-state index contributed by atoms with van der Waals surface area (Å²) in [6, 6.07) is 4.15. The monoisotopic (exact) mass is 352 g/mol. The molecule has 1 aliphatic heterocycles. The summed E-state index contributed by atoms with van der Waals surface area (Å²) in [7, 11) is 1.89. The van der Waals surface area contributed by atoms with Gasteiger partial charge in [-0.25, -0.2) is 9.97 Å². The minimum absolute atomic E-state index is 0.0299. The van der Waals surface area contributed by atoms with E-state index in [0.29, 0.717) is 5.92 Å². The zero-order valence-corrected chi connectivity index (χ0v) is 15.6. The molecule has 0 aromatic carbocycles. The SMILES string of the molecule is Cn1cc2c(NCC3CN(c4ccc(C(C)(C)C)nn4)C3)ncnc2n1. The molecule has 0 spiro atoms. The molecule has 4 heterocycles. The summed E-state index contributed by atoms with van der Waals surface area (Å²) in [6.07, 6.45) is 3.49. The quantitative estimate of drug-likeness (QED) is 0.768. The van der Waals surface area contributed by atoms with Crippen molar-refractivity contribution in [2.75, 3.05) is 29.9 Å². The van der Waals surface area contributed by atoms with Gasteiger partial charge in [-0.2, -0.15) is 10.2 Å². The summed E-state index contributed by atoms with van der Waals surface area (Å²) in [6.45, 7) is 9.25. The molecule has 136 valence electrons. The first-order valence-corrected chi connectivity index (χ1v) is 8.87. The van der Waals surface area contributed by atoms with Gasteiger partial charge in [0.2, 0.25) is 0 Å². The number of rotatable bonds is 4. The summed E-state index contributed by atoms with van der Waals surface area (Å²) < 4.78 is 1.76. The summed E-state index contributed by atoms with van der Waals surface area (Å²) in [4.78, 5) is 10.8. The summed E-state index contributed by atoms with van der Waals surface area (Å²) in [5.41, 5.74) is 1.76. The molecule has 1 saturated heterocycles. The summed E-state index contributed by atoms with van der Waals surface area (Å²) in [5.74, 6) is 2.35. The molecule has 1 N–H and O–H groups in total. The van der Waals surface area contributed by atoms with E-state index >= 15 is 0 Å². The lowest BCUT2D eigenvalue weighted by Crippen LogP contribution is -2.50. The Morgan fingerprint density at radius 3 is 2.65 bits per heavy atom. The molecule has 8 heteroatoms. The highest BCUT2D eigenvalue weighted by molar-refractivity contribution is 5.85. The van der Waals surface area contributed by atoms with Crippen molar-refractivity contribution in [2.24, 2.45) is 13.0 Å².